The third-order valence-corrected chi connectivity index (χ3v) is 7.68. The Balaban J connectivity index is 1.71. The molecule has 1 aromatic heterocycles. The Labute approximate surface area is 184 Å². The molecule has 0 radical (unpaired) electrons. The molecule has 1 heterocycles. The van der Waals surface area contributed by atoms with Gasteiger partial charge in [0.05, 0.1) is 0 Å². The van der Waals surface area contributed by atoms with E-state index in [4.69, 9.17) is 0 Å². The van der Waals surface area contributed by atoms with Crippen molar-refractivity contribution in [3.63, 3.8) is 0 Å². The Morgan fingerprint density at radius 3 is 1.55 bits per heavy atom. The van der Waals surface area contributed by atoms with Crippen LogP contribution < -0.4 is 0 Å². The summed E-state index contributed by atoms with van der Waals surface area (Å²) in [5, 5.41) is 10.7. The average molecular weight is 411 g/mol. The zero-order valence-corrected chi connectivity index (χ0v) is 17.6. The Morgan fingerprint density at radius 1 is 0.355 bits per heavy atom. The summed E-state index contributed by atoms with van der Waals surface area (Å²) in [5.41, 5.74) is 2.64. The maximum atomic E-state index is 2.29. The molecule has 0 fully saturated rings. The second-order valence-electron chi connectivity index (χ2n) is 8.10. The molecule has 0 unspecified atom stereocenters. The lowest BCUT2D eigenvalue weighted by Crippen LogP contribution is -1.87. The molecule has 0 bridgehead atoms. The van der Waals surface area contributed by atoms with Crippen molar-refractivity contribution in [2.24, 2.45) is 0 Å². The van der Waals surface area contributed by atoms with E-state index in [9.17, 15) is 0 Å². The predicted molar refractivity (Wildman–Crippen MR) is 137 cm³/mol. The number of hydrogen-bond donors (Lipinski definition) is 0. The van der Waals surface area contributed by atoms with Crippen molar-refractivity contribution >= 4 is 63.8 Å². The van der Waals surface area contributed by atoms with Crippen LogP contribution in [0.1, 0.15) is 0 Å². The van der Waals surface area contributed by atoms with Gasteiger partial charge in [0.25, 0.3) is 0 Å². The van der Waals surface area contributed by atoms with Gasteiger partial charge in [-0.2, -0.15) is 0 Å². The van der Waals surface area contributed by atoms with E-state index in [0.29, 0.717) is 0 Å². The summed E-state index contributed by atoms with van der Waals surface area (Å²) in [4.78, 5) is 0. The number of thiophene rings is 1. The molecule has 1 heteroatoms. The van der Waals surface area contributed by atoms with E-state index in [1.165, 1.54) is 63.6 Å². The molecule has 0 nitrogen and oxygen atoms in total. The van der Waals surface area contributed by atoms with Crippen LogP contribution in [0.2, 0.25) is 0 Å². The van der Waals surface area contributed by atoms with Crippen molar-refractivity contribution in [3.05, 3.63) is 109 Å². The summed E-state index contributed by atoms with van der Waals surface area (Å²) >= 11 is 1.90. The fourth-order valence-electron chi connectivity index (χ4n) is 5.14. The van der Waals surface area contributed by atoms with Crippen molar-refractivity contribution in [2.45, 2.75) is 0 Å². The van der Waals surface area contributed by atoms with E-state index in [0.717, 1.165) is 0 Å². The van der Waals surface area contributed by atoms with E-state index in [2.05, 4.69) is 109 Å². The molecule has 0 saturated heterocycles. The van der Waals surface area contributed by atoms with Crippen molar-refractivity contribution in [3.8, 4) is 11.1 Å². The van der Waals surface area contributed by atoms with Gasteiger partial charge in [0, 0.05) is 25.7 Å². The first-order valence-electron chi connectivity index (χ1n) is 10.6. The zero-order valence-electron chi connectivity index (χ0n) is 16.8. The highest BCUT2D eigenvalue weighted by Crippen LogP contribution is 2.44. The largest absolute Gasteiger partial charge is 0.135 e. The third kappa shape index (κ3) is 2.35. The van der Waals surface area contributed by atoms with Gasteiger partial charge in [0.1, 0.15) is 0 Å². The minimum absolute atomic E-state index is 1.32. The molecule has 0 spiro atoms. The van der Waals surface area contributed by atoms with E-state index in [1.54, 1.807) is 0 Å². The van der Waals surface area contributed by atoms with Crippen LogP contribution in [0.15, 0.2) is 109 Å². The first-order valence-corrected chi connectivity index (χ1v) is 11.4. The molecular weight excluding hydrogens is 392 g/mol. The van der Waals surface area contributed by atoms with E-state index in [-0.39, 0.29) is 0 Å². The highest BCUT2D eigenvalue weighted by molar-refractivity contribution is 7.26. The van der Waals surface area contributed by atoms with Gasteiger partial charge in [-0.15, -0.1) is 11.3 Å². The normalized spacial score (nSPS) is 11.9. The van der Waals surface area contributed by atoms with Crippen LogP contribution in [-0.2, 0) is 0 Å². The van der Waals surface area contributed by atoms with E-state index < -0.39 is 0 Å². The smallest absolute Gasteiger partial charge is 0.0434 e. The van der Waals surface area contributed by atoms with Gasteiger partial charge < -0.3 is 0 Å². The van der Waals surface area contributed by atoms with Gasteiger partial charge in [0.2, 0.25) is 0 Å². The van der Waals surface area contributed by atoms with Crippen LogP contribution in [0.4, 0.5) is 0 Å². The fraction of sp³-hybridized carbons (Fsp3) is 0. The summed E-state index contributed by atoms with van der Waals surface area (Å²) in [6.45, 7) is 0. The van der Waals surface area contributed by atoms with Gasteiger partial charge in [-0.3, -0.25) is 0 Å². The standard InChI is InChI=1S/C30H18S/c1-2-10-21-19(9-1)20-11-3-4-13-23(20)29-24(21)14-7-15-25(29)27-17-8-16-26-22-12-5-6-18-28(22)31-30(26)27/h1-18H. The lowest BCUT2D eigenvalue weighted by molar-refractivity contribution is 1.73. The van der Waals surface area contributed by atoms with E-state index in [1.807, 2.05) is 11.3 Å². The Hall–Kier alpha value is -3.68. The third-order valence-electron chi connectivity index (χ3n) is 6.46. The lowest BCUT2D eigenvalue weighted by Gasteiger charge is -2.14. The monoisotopic (exact) mass is 410 g/mol. The van der Waals surface area contributed by atoms with Gasteiger partial charge in [-0.1, -0.05) is 103 Å². The molecule has 0 aliphatic carbocycles. The van der Waals surface area contributed by atoms with Crippen LogP contribution >= 0.6 is 11.3 Å². The molecule has 7 aromatic rings. The van der Waals surface area contributed by atoms with Crippen molar-refractivity contribution in [1.29, 1.82) is 0 Å². The molecule has 0 amide bonds. The molecule has 7 rings (SSSR count). The first kappa shape index (κ1) is 17.0. The quantitative estimate of drug-likeness (QED) is 0.237. The Kier molecular flexibility index (Phi) is 3.52. The van der Waals surface area contributed by atoms with Gasteiger partial charge in [0.15, 0.2) is 0 Å². The molecule has 144 valence electrons. The van der Waals surface area contributed by atoms with Gasteiger partial charge in [-0.05, 0) is 43.9 Å². The summed E-state index contributed by atoms with van der Waals surface area (Å²) in [6, 6.07) is 39.9. The topological polar surface area (TPSA) is 0 Å². The van der Waals surface area contributed by atoms with Crippen LogP contribution in [0, 0.1) is 0 Å². The second-order valence-corrected chi connectivity index (χ2v) is 9.15. The maximum absolute atomic E-state index is 2.29. The number of fused-ring (bicyclic) bond motifs is 9. The van der Waals surface area contributed by atoms with Crippen molar-refractivity contribution in [1.82, 2.24) is 0 Å². The predicted octanol–water partition coefficient (Wildman–Crippen LogP) is 9.18. The van der Waals surface area contributed by atoms with Crippen LogP contribution in [-0.4, -0.2) is 0 Å². The van der Waals surface area contributed by atoms with Gasteiger partial charge in [-0.25, -0.2) is 0 Å². The second kappa shape index (κ2) is 6.41. The molecular formula is C30H18S. The highest BCUT2D eigenvalue weighted by atomic mass is 32.1. The molecule has 0 N–H and O–H groups in total. The lowest BCUT2D eigenvalue weighted by atomic mass is 9.89. The summed E-state index contributed by atoms with van der Waals surface area (Å²) < 4.78 is 2.72. The minimum Gasteiger partial charge on any atom is -0.135 e. The van der Waals surface area contributed by atoms with Crippen LogP contribution in [0.5, 0.6) is 0 Å². The maximum Gasteiger partial charge on any atom is 0.0434 e. The molecule has 0 aliphatic heterocycles. The number of hydrogen-bond acceptors (Lipinski definition) is 1. The molecule has 6 aromatic carbocycles. The minimum atomic E-state index is 1.32. The zero-order chi connectivity index (χ0) is 20.4. The molecule has 0 saturated carbocycles. The van der Waals surface area contributed by atoms with Crippen LogP contribution in [0.25, 0.3) is 63.6 Å². The number of benzene rings is 6. The fourth-order valence-corrected chi connectivity index (χ4v) is 6.37. The van der Waals surface area contributed by atoms with Crippen molar-refractivity contribution in [2.75, 3.05) is 0 Å². The summed E-state index contributed by atoms with van der Waals surface area (Å²) in [7, 11) is 0. The Bertz CT molecular complexity index is 1740. The molecule has 0 atom stereocenters. The SMILES string of the molecule is c1ccc2c(c1)sc1c(-c3cccc4c5ccccc5c5ccccc5c34)cccc12. The molecule has 31 heavy (non-hydrogen) atoms. The van der Waals surface area contributed by atoms with Crippen LogP contribution in [0.3, 0.4) is 0 Å². The number of rotatable bonds is 1. The molecule has 0 aliphatic rings. The van der Waals surface area contributed by atoms with E-state index >= 15 is 0 Å². The Morgan fingerprint density at radius 2 is 0.839 bits per heavy atom. The summed E-state index contributed by atoms with van der Waals surface area (Å²) in [5.74, 6) is 0. The summed E-state index contributed by atoms with van der Waals surface area (Å²) in [6.07, 6.45) is 0. The first-order chi connectivity index (χ1) is 15.4. The van der Waals surface area contributed by atoms with Crippen molar-refractivity contribution < 1.29 is 0 Å². The van der Waals surface area contributed by atoms with Gasteiger partial charge >= 0.3 is 0 Å². The average Bonchev–Trinajstić information content (AvgIpc) is 3.23. The highest BCUT2D eigenvalue weighted by Gasteiger charge is 2.15.